The molecule has 0 aliphatic heterocycles. The topological polar surface area (TPSA) is 77.1 Å². The van der Waals surface area contributed by atoms with Crippen LogP contribution in [0.2, 0.25) is 0 Å². The maximum Gasteiger partial charge on any atom is 0.176 e. The van der Waals surface area contributed by atoms with E-state index in [1.807, 2.05) is 30.3 Å². The third kappa shape index (κ3) is 3.85. The zero-order valence-corrected chi connectivity index (χ0v) is 11.2. The summed E-state index contributed by atoms with van der Waals surface area (Å²) in [4.78, 5) is 0. The van der Waals surface area contributed by atoms with Gasteiger partial charge in [0.1, 0.15) is 30.5 Å². The number of ether oxygens (including phenoxy) is 2. The van der Waals surface area contributed by atoms with Gasteiger partial charge in [-0.2, -0.15) is 0 Å². The number of amidine groups is 1. The molecule has 0 heterocycles. The van der Waals surface area contributed by atoms with Crippen LogP contribution in [-0.4, -0.2) is 24.3 Å². The second kappa shape index (κ2) is 7.14. The second-order valence-electron chi connectivity index (χ2n) is 4.11. The molecule has 0 spiro atoms. The van der Waals surface area contributed by atoms with E-state index >= 15 is 0 Å². The van der Waals surface area contributed by atoms with Gasteiger partial charge in [0.25, 0.3) is 0 Å². The zero-order valence-electron chi connectivity index (χ0n) is 11.2. The minimum absolute atomic E-state index is 0.0697. The van der Waals surface area contributed by atoms with Gasteiger partial charge < -0.3 is 20.4 Å². The summed E-state index contributed by atoms with van der Waals surface area (Å²) in [7, 11) is 0. The standard InChI is InChI=1S/C15H15FN2O3/c16-12-7-4-8-13(14(12)15(17)18-19)21-10-9-20-11-5-2-1-3-6-11/h1-8,19H,9-10H2,(H2,17,18). The Balaban J connectivity index is 1.96. The average Bonchev–Trinajstić information content (AvgIpc) is 2.52. The molecule has 0 aliphatic carbocycles. The van der Waals surface area contributed by atoms with Crippen LogP contribution in [0.25, 0.3) is 0 Å². The highest BCUT2D eigenvalue weighted by molar-refractivity contribution is 5.99. The van der Waals surface area contributed by atoms with Crippen molar-refractivity contribution >= 4 is 5.84 Å². The van der Waals surface area contributed by atoms with Crippen molar-refractivity contribution < 1.29 is 19.1 Å². The summed E-state index contributed by atoms with van der Waals surface area (Å²) >= 11 is 0. The molecule has 2 aromatic carbocycles. The van der Waals surface area contributed by atoms with E-state index in [2.05, 4.69) is 5.16 Å². The normalized spacial score (nSPS) is 11.2. The van der Waals surface area contributed by atoms with E-state index in [0.29, 0.717) is 0 Å². The minimum atomic E-state index is -0.619. The number of oxime groups is 1. The molecule has 0 radical (unpaired) electrons. The minimum Gasteiger partial charge on any atom is -0.490 e. The lowest BCUT2D eigenvalue weighted by molar-refractivity contribution is 0.216. The molecule has 0 unspecified atom stereocenters. The molecule has 0 saturated carbocycles. The molecule has 2 aromatic rings. The summed E-state index contributed by atoms with van der Waals surface area (Å²) in [5, 5.41) is 11.5. The molecule has 21 heavy (non-hydrogen) atoms. The van der Waals surface area contributed by atoms with Gasteiger partial charge in [0.2, 0.25) is 0 Å². The SMILES string of the molecule is NC(=NO)c1c(F)cccc1OCCOc1ccccc1. The number of benzene rings is 2. The lowest BCUT2D eigenvalue weighted by Gasteiger charge is -2.12. The van der Waals surface area contributed by atoms with E-state index in [-0.39, 0.29) is 30.4 Å². The maximum absolute atomic E-state index is 13.7. The van der Waals surface area contributed by atoms with Gasteiger partial charge in [-0.05, 0) is 24.3 Å². The molecule has 0 aromatic heterocycles. The van der Waals surface area contributed by atoms with E-state index < -0.39 is 5.82 Å². The third-order valence-electron chi connectivity index (χ3n) is 2.69. The predicted molar refractivity (Wildman–Crippen MR) is 76.3 cm³/mol. The van der Waals surface area contributed by atoms with Gasteiger partial charge in [0, 0.05) is 0 Å². The number of nitrogens with two attached hydrogens (primary N) is 1. The van der Waals surface area contributed by atoms with Crippen LogP contribution >= 0.6 is 0 Å². The summed E-state index contributed by atoms with van der Waals surface area (Å²) in [6, 6.07) is 13.5. The first-order valence-electron chi connectivity index (χ1n) is 6.29. The lowest BCUT2D eigenvalue weighted by Crippen LogP contribution is -2.18. The zero-order chi connectivity index (χ0) is 15.1. The molecule has 110 valence electrons. The van der Waals surface area contributed by atoms with Crippen LogP contribution in [0.4, 0.5) is 4.39 Å². The molecule has 6 heteroatoms. The van der Waals surface area contributed by atoms with Crippen molar-refractivity contribution in [3.63, 3.8) is 0 Å². The van der Waals surface area contributed by atoms with Crippen LogP contribution in [0.1, 0.15) is 5.56 Å². The molecule has 2 rings (SSSR count). The van der Waals surface area contributed by atoms with Crippen molar-refractivity contribution in [3.8, 4) is 11.5 Å². The molecule has 0 bridgehead atoms. The monoisotopic (exact) mass is 290 g/mol. The molecule has 0 atom stereocenters. The third-order valence-corrected chi connectivity index (χ3v) is 2.69. The van der Waals surface area contributed by atoms with Gasteiger partial charge in [-0.1, -0.05) is 29.4 Å². The van der Waals surface area contributed by atoms with E-state index in [1.165, 1.54) is 12.1 Å². The Bertz CT molecular complexity index is 618. The Morgan fingerprint density at radius 1 is 1.05 bits per heavy atom. The van der Waals surface area contributed by atoms with Crippen molar-refractivity contribution in [2.24, 2.45) is 10.9 Å². The first-order chi connectivity index (χ1) is 10.2. The highest BCUT2D eigenvalue weighted by atomic mass is 19.1. The summed E-state index contributed by atoms with van der Waals surface area (Å²) in [5.41, 5.74) is 5.37. The van der Waals surface area contributed by atoms with E-state index in [0.717, 1.165) is 5.75 Å². The molecule has 3 N–H and O–H groups in total. The fraction of sp³-hybridized carbons (Fsp3) is 0.133. The van der Waals surface area contributed by atoms with Crippen LogP contribution in [0.3, 0.4) is 0 Å². The summed E-state index contributed by atoms with van der Waals surface area (Å²) in [6.45, 7) is 0.486. The van der Waals surface area contributed by atoms with Gasteiger partial charge in [0.15, 0.2) is 5.84 Å². The molecule has 0 amide bonds. The van der Waals surface area contributed by atoms with E-state index in [1.54, 1.807) is 6.07 Å². The Labute approximate surface area is 121 Å². The van der Waals surface area contributed by atoms with Crippen LogP contribution in [0.15, 0.2) is 53.7 Å². The van der Waals surface area contributed by atoms with Crippen molar-refractivity contribution in [3.05, 3.63) is 59.9 Å². The second-order valence-corrected chi connectivity index (χ2v) is 4.11. The van der Waals surface area contributed by atoms with Crippen LogP contribution in [-0.2, 0) is 0 Å². The Morgan fingerprint density at radius 3 is 2.48 bits per heavy atom. The smallest absolute Gasteiger partial charge is 0.176 e. The highest BCUT2D eigenvalue weighted by Crippen LogP contribution is 2.21. The fourth-order valence-electron chi connectivity index (χ4n) is 1.75. The fourth-order valence-corrected chi connectivity index (χ4v) is 1.75. The van der Waals surface area contributed by atoms with E-state index in [4.69, 9.17) is 20.4 Å². The van der Waals surface area contributed by atoms with Crippen molar-refractivity contribution in [1.82, 2.24) is 0 Å². The van der Waals surface area contributed by atoms with Gasteiger partial charge in [-0.25, -0.2) is 4.39 Å². The molecule has 0 fully saturated rings. The largest absolute Gasteiger partial charge is 0.490 e. The van der Waals surface area contributed by atoms with Crippen LogP contribution < -0.4 is 15.2 Å². The lowest BCUT2D eigenvalue weighted by atomic mass is 10.1. The first kappa shape index (κ1) is 14.6. The van der Waals surface area contributed by atoms with Gasteiger partial charge in [0.05, 0.1) is 5.56 Å². The quantitative estimate of drug-likeness (QED) is 0.281. The number of hydrogen-bond donors (Lipinski definition) is 2. The summed E-state index contributed by atoms with van der Waals surface area (Å²) in [6.07, 6.45) is 0. The van der Waals surface area contributed by atoms with Crippen molar-refractivity contribution in [2.75, 3.05) is 13.2 Å². The maximum atomic E-state index is 13.7. The number of halogens is 1. The summed E-state index contributed by atoms with van der Waals surface area (Å²) < 4.78 is 24.6. The van der Waals surface area contributed by atoms with Gasteiger partial charge in [-0.15, -0.1) is 0 Å². The molecule has 0 aliphatic rings. The number of hydrogen-bond acceptors (Lipinski definition) is 4. The number of rotatable bonds is 6. The Hall–Kier alpha value is -2.76. The number of para-hydroxylation sites is 1. The molecular formula is C15H15FN2O3. The molecular weight excluding hydrogens is 275 g/mol. The molecule has 5 nitrogen and oxygen atoms in total. The van der Waals surface area contributed by atoms with Crippen molar-refractivity contribution in [2.45, 2.75) is 0 Å². The first-order valence-corrected chi connectivity index (χ1v) is 6.29. The van der Waals surface area contributed by atoms with Crippen LogP contribution in [0, 0.1) is 5.82 Å². The Morgan fingerprint density at radius 2 is 1.76 bits per heavy atom. The van der Waals surface area contributed by atoms with E-state index in [9.17, 15) is 4.39 Å². The molecule has 0 saturated heterocycles. The van der Waals surface area contributed by atoms with Crippen LogP contribution in [0.5, 0.6) is 11.5 Å². The summed E-state index contributed by atoms with van der Waals surface area (Å²) in [5.74, 6) is -0.0437. The average molecular weight is 290 g/mol. The van der Waals surface area contributed by atoms with Gasteiger partial charge in [-0.3, -0.25) is 0 Å². The van der Waals surface area contributed by atoms with Crippen molar-refractivity contribution in [1.29, 1.82) is 0 Å². The predicted octanol–water partition coefficient (Wildman–Crippen LogP) is 2.38. The Kier molecular flexibility index (Phi) is 4.98. The highest BCUT2D eigenvalue weighted by Gasteiger charge is 2.14. The van der Waals surface area contributed by atoms with Gasteiger partial charge >= 0.3 is 0 Å². The number of nitrogens with zero attached hydrogens (tertiary/aromatic N) is 1.